The first-order chi connectivity index (χ1) is 14.6. The molecule has 1 amide bonds. The maximum absolute atomic E-state index is 12.6. The molecule has 1 saturated carbocycles. The van der Waals surface area contributed by atoms with Crippen LogP contribution in [0.2, 0.25) is 0 Å². The van der Waals surface area contributed by atoms with Crippen LogP contribution in [0.3, 0.4) is 0 Å². The van der Waals surface area contributed by atoms with Crippen LogP contribution in [-0.2, 0) is 20.8 Å². The largest absolute Gasteiger partial charge is 0.474 e. The number of pyridine rings is 1. The Balaban J connectivity index is 1.41. The van der Waals surface area contributed by atoms with Crippen LogP contribution in [0.25, 0.3) is 0 Å². The summed E-state index contributed by atoms with van der Waals surface area (Å²) in [7, 11) is -3.51. The van der Waals surface area contributed by atoms with E-state index in [-0.39, 0.29) is 41.0 Å². The third kappa shape index (κ3) is 6.68. The maximum Gasteiger partial charge on any atom is 0.417 e. The van der Waals surface area contributed by atoms with Gasteiger partial charge in [0.05, 0.1) is 16.2 Å². The number of benzene rings is 1. The summed E-state index contributed by atoms with van der Waals surface area (Å²) in [6.45, 7) is 0. The number of aromatic nitrogens is 1. The Morgan fingerprint density at radius 2 is 1.74 bits per heavy atom. The highest BCUT2D eigenvalue weighted by molar-refractivity contribution is 7.91. The van der Waals surface area contributed by atoms with E-state index < -0.39 is 21.6 Å². The molecule has 0 saturated heterocycles. The number of alkyl halides is 3. The molecule has 0 unspecified atom stereocenters. The number of hydrogen-bond acceptors (Lipinski definition) is 5. The molecule has 1 aromatic carbocycles. The fourth-order valence-electron chi connectivity index (χ4n) is 3.39. The lowest BCUT2D eigenvalue weighted by Crippen LogP contribution is -2.40. The number of nitrogens with zero attached hydrogens (tertiary/aromatic N) is 1. The van der Waals surface area contributed by atoms with Gasteiger partial charge >= 0.3 is 6.18 Å². The summed E-state index contributed by atoms with van der Waals surface area (Å²) in [5.74, 6) is -0.458. The number of carbonyl (C=O) groups is 1. The molecule has 31 heavy (non-hydrogen) atoms. The Morgan fingerprint density at radius 1 is 1.06 bits per heavy atom. The molecule has 1 aliphatic carbocycles. The number of amides is 1. The van der Waals surface area contributed by atoms with Crippen LogP contribution in [0.1, 0.15) is 37.7 Å². The van der Waals surface area contributed by atoms with Crippen molar-refractivity contribution in [1.82, 2.24) is 10.3 Å². The van der Waals surface area contributed by atoms with E-state index in [0.29, 0.717) is 25.7 Å². The van der Waals surface area contributed by atoms with Gasteiger partial charge in [-0.25, -0.2) is 13.4 Å². The zero-order valence-corrected chi connectivity index (χ0v) is 17.5. The minimum atomic E-state index is -4.44. The molecule has 0 bridgehead atoms. The number of nitrogens with one attached hydrogen (secondary N) is 1. The number of halogens is 3. The van der Waals surface area contributed by atoms with E-state index in [9.17, 15) is 26.4 Å². The molecule has 2 aromatic rings. The molecule has 1 fully saturated rings. The second-order valence-electron chi connectivity index (χ2n) is 7.42. The Kier molecular flexibility index (Phi) is 7.19. The van der Waals surface area contributed by atoms with Crippen LogP contribution in [0.5, 0.6) is 5.88 Å². The SMILES string of the molecule is O=C(CCS(=O)(=O)c1ccccc1)NC1CCC(Oc2ccc(C(F)(F)F)cn2)CC1. The molecule has 0 spiro atoms. The summed E-state index contributed by atoms with van der Waals surface area (Å²) in [5, 5.41) is 2.85. The van der Waals surface area contributed by atoms with E-state index in [1.807, 2.05) is 0 Å². The second-order valence-corrected chi connectivity index (χ2v) is 9.53. The second kappa shape index (κ2) is 9.67. The van der Waals surface area contributed by atoms with Crippen LogP contribution >= 0.6 is 0 Å². The third-order valence-electron chi connectivity index (χ3n) is 5.09. The van der Waals surface area contributed by atoms with Crippen LogP contribution in [0.15, 0.2) is 53.6 Å². The van der Waals surface area contributed by atoms with Crippen molar-refractivity contribution in [2.24, 2.45) is 0 Å². The van der Waals surface area contributed by atoms with E-state index >= 15 is 0 Å². The molecule has 3 rings (SSSR count). The molecule has 0 aliphatic heterocycles. The molecular formula is C21H23F3N2O4S. The van der Waals surface area contributed by atoms with Crippen molar-refractivity contribution in [2.75, 3.05) is 5.75 Å². The van der Waals surface area contributed by atoms with Gasteiger partial charge in [-0.3, -0.25) is 4.79 Å². The smallest absolute Gasteiger partial charge is 0.417 e. The highest BCUT2D eigenvalue weighted by atomic mass is 32.2. The van der Waals surface area contributed by atoms with Gasteiger partial charge in [0.1, 0.15) is 6.10 Å². The highest BCUT2D eigenvalue weighted by Gasteiger charge is 2.31. The van der Waals surface area contributed by atoms with E-state index in [1.165, 1.54) is 18.2 Å². The number of sulfone groups is 1. The van der Waals surface area contributed by atoms with Crippen LogP contribution in [0.4, 0.5) is 13.2 Å². The lowest BCUT2D eigenvalue weighted by atomic mass is 9.93. The van der Waals surface area contributed by atoms with Gasteiger partial charge in [0, 0.05) is 24.7 Å². The van der Waals surface area contributed by atoms with Gasteiger partial charge in [0.25, 0.3) is 0 Å². The van der Waals surface area contributed by atoms with Crippen molar-refractivity contribution in [2.45, 2.75) is 55.3 Å². The van der Waals surface area contributed by atoms with Gasteiger partial charge in [-0.05, 0) is 43.9 Å². The maximum atomic E-state index is 12.6. The predicted molar refractivity (Wildman–Crippen MR) is 107 cm³/mol. The number of rotatable bonds is 7. The van der Waals surface area contributed by atoms with Crippen molar-refractivity contribution in [3.8, 4) is 5.88 Å². The van der Waals surface area contributed by atoms with Crippen molar-refractivity contribution in [3.63, 3.8) is 0 Å². The fourth-order valence-corrected chi connectivity index (χ4v) is 4.65. The molecule has 1 aromatic heterocycles. The first kappa shape index (κ1) is 23.1. The number of hydrogen-bond donors (Lipinski definition) is 1. The van der Waals surface area contributed by atoms with Crippen molar-refractivity contribution in [1.29, 1.82) is 0 Å². The van der Waals surface area contributed by atoms with Gasteiger partial charge in [0.2, 0.25) is 11.8 Å². The highest BCUT2D eigenvalue weighted by Crippen LogP contribution is 2.30. The molecule has 1 N–H and O–H groups in total. The lowest BCUT2D eigenvalue weighted by molar-refractivity contribution is -0.137. The summed E-state index contributed by atoms with van der Waals surface area (Å²) in [5.41, 5.74) is -0.833. The minimum absolute atomic E-state index is 0.0904. The Morgan fingerprint density at radius 3 is 2.32 bits per heavy atom. The first-order valence-corrected chi connectivity index (χ1v) is 11.6. The fraction of sp³-hybridized carbons (Fsp3) is 0.429. The molecule has 0 radical (unpaired) electrons. The zero-order chi connectivity index (χ0) is 22.5. The van der Waals surface area contributed by atoms with E-state index in [0.717, 1.165) is 12.3 Å². The van der Waals surface area contributed by atoms with E-state index in [1.54, 1.807) is 18.2 Å². The Bertz CT molecular complexity index is 972. The molecule has 10 heteroatoms. The van der Waals surface area contributed by atoms with E-state index in [2.05, 4.69) is 10.3 Å². The Hall–Kier alpha value is -2.62. The Labute approximate surface area is 178 Å². The summed E-state index contributed by atoms with van der Waals surface area (Å²) >= 11 is 0. The van der Waals surface area contributed by atoms with Gasteiger partial charge in [-0.15, -0.1) is 0 Å². The summed E-state index contributed by atoms with van der Waals surface area (Å²) in [6.07, 6.45) is -1.55. The summed E-state index contributed by atoms with van der Waals surface area (Å²) in [6, 6.07) is 10.0. The molecule has 6 nitrogen and oxygen atoms in total. The van der Waals surface area contributed by atoms with Crippen LogP contribution < -0.4 is 10.1 Å². The third-order valence-corrected chi connectivity index (χ3v) is 6.82. The topological polar surface area (TPSA) is 85.4 Å². The van der Waals surface area contributed by atoms with Crippen LogP contribution in [-0.4, -0.2) is 37.2 Å². The van der Waals surface area contributed by atoms with Crippen molar-refractivity contribution >= 4 is 15.7 Å². The number of carbonyl (C=O) groups excluding carboxylic acids is 1. The molecule has 0 atom stereocenters. The molecule has 1 aliphatic rings. The van der Waals surface area contributed by atoms with Gasteiger partial charge in [0.15, 0.2) is 9.84 Å². The normalized spacial score (nSPS) is 19.6. The number of ether oxygens (including phenoxy) is 1. The van der Waals surface area contributed by atoms with Gasteiger partial charge in [-0.2, -0.15) is 13.2 Å². The molecule has 1 heterocycles. The summed E-state index contributed by atoms with van der Waals surface area (Å²) < 4.78 is 67.9. The monoisotopic (exact) mass is 456 g/mol. The van der Waals surface area contributed by atoms with E-state index in [4.69, 9.17) is 4.74 Å². The average Bonchev–Trinajstić information content (AvgIpc) is 2.74. The quantitative estimate of drug-likeness (QED) is 0.686. The molecule has 168 valence electrons. The van der Waals surface area contributed by atoms with Crippen molar-refractivity contribution in [3.05, 3.63) is 54.2 Å². The van der Waals surface area contributed by atoms with Crippen LogP contribution in [0, 0.1) is 0 Å². The standard InChI is InChI=1S/C21H23F3N2O4S/c22-21(23,24)15-6-11-20(25-14-15)30-17-9-7-16(8-10-17)26-19(27)12-13-31(28,29)18-4-2-1-3-5-18/h1-6,11,14,16-17H,7-10,12-13H2,(H,26,27). The average molecular weight is 456 g/mol. The zero-order valence-electron chi connectivity index (χ0n) is 16.6. The minimum Gasteiger partial charge on any atom is -0.474 e. The van der Waals surface area contributed by atoms with Gasteiger partial charge in [-0.1, -0.05) is 18.2 Å². The summed E-state index contributed by atoms with van der Waals surface area (Å²) in [4.78, 5) is 16.1. The molecular weight excluding hydrogens is 433 g/mol. The first-order valence-electron chi connectivity index (χ1n) is 9.90. The lowest BCUT2D eigenvalue weighted by Gasteiger charge is -2.29. The van der Waals surface area contributed by atoms with Crippen molar-refractivity contribution < 1.29 is 31.1 Å². The predicted octanol–water partition coefficient (Wildman–Crippen LogP) is 3.77. The van der Waals surface area contributed by atoms with Gasteiger partial charge < -0.3 is 10.1 Å².